The van der Waals surface area contributed by atoms with E-state index < -0.39 is 0 Å². The number of nitrogens with zero attached hydrogens (tertiary/aromatic N) is 6. The van der Waals surface area contributed by atoms with Crippen molar-refractivity contribution in [3.63, 3.8) is 0 Å². The minimum atomic E-state index is 0.639. The van der Waals surface area contributed by atoms with Gasteiger partial charge in [0, 0.05) is 63.1 Å². The average molecular weight is 342 g/mol. The highest BCUT2D eigenvalue weighted by molar-refractivity contribution is 5.07. The molecule has 0 N–H and O–H groups in total. The Bertz CT molecular complexity index is 669. The van der Waals surface area contributed by atoms with Gasteiger partial charge < -0.3 is 4.90 Å². The summed E-state index contributed by atoms with van der Waals surface area (Å²) in [6, 6.07) is 2.17. The normalized spacial score (nSPS) is 22.7. The maximum atomic E-state index is 4.57. The Hall–Kier alpha value is -1.66. The minimum Gasteiger partial charge on any atom is -0.303 e. The number of fused-ring (bicyclic) bond motifs is 1. The van der Waals surface area contributed by atoms with Gasteiger partial charge >= 0.3 is 0 Å². The molecule has 2 aliphatic heterocycles. The van der Waals surface area contributed by atoms with Crippen molar-refractivity contribution < 1.29 is 0 Å². The van der Waals surface area contributed by atoms with Crippen LogP contribution >= 0.6 is 0 Å². The van der Waals surface area contributed by atoms with E-state index in [0.717, 1.165) is 32.7 Å². The molecule has 0 radical (unpaired) electrons. The Morgan fingerprint density at radius 1 is 1.08 bits per heavy atom. The molecule has 1 saturated heterocycles. The van der Waals surface area contributed by atoms with Gasteiger partial charge in [-0.05, 0) is 38.9 Å². The Kier molecular flexibility index (Phi) is 5.17. The number of aryl methyl sites for hydroxylation is 1. The molecule has 6 heteroatoms. The van der Waals surface area contributed by atoms with Gasteiger partial charge in [0.1, 0.15) is 0 Å². The lowest BCUT2D eigenvalue weighted by atomic mass is 10.1. The summed E-state index contributed by atoms with van der Waals surface area (Å²) in [6.45, 7) is 10.9. The second-order valence-corrected chi connectivity index (χ2v) is 7.61. The zero-order chi connectivity index (χ0) is 17.1. The first-order valence-electron chi connectivity index (χ1n) is 9.77. The van der Waals surface area contributed by atoms with Gasteiger partial charge in [-0.1, -0.05) is 6.42 Å². The number of hydrogen-bond donors (Lipinski definition) is 0. The van der Waals surface area contributed by atoms with Crippen LogP contribution in [0.3, 0.4) is 0 Å². The lowest BCUT2D eigenvalue weighted by molar-refractivity contribution is 0.150. The van der Waals surface area contributed by atoms with Crippen LogP contribution in [0.1, 0.15) is 37.4 Å². The summed E-state index contributed by atoms with van der Waals surface area (Å²) in [7, 11) is 0. The molecule has 1 fully saturated rings. The summed E-state index contributed by atoms with van der Waals surface area (Å²) in [5.74, 6) is 0.639. The number of aromatic nitrogens is 4. The molecule has 2 aliphatic rings. The highest BCUT2D eigenvalue weighted by atomic mass is 15.3. The predicted molar refractivity (Wildman–Crippen MR) is 98.0 cm³/mol. The van der Waals surface area contributed by atoms with Gasteiger partial charge in [-0.15, -0.1) is 0 Å². The molecule has 0 amide bonds. The van der Waals surface area contributed by atoms with Gasteiger partial charge in [0.25, 0.3) is 0 Å². The third-order valence-electron chi connectivity index (χ3n) is 5.52. The summed E-state index contributed by atoms with van der Waals surface area (Å²) in [4.78, 5) is 5.24. The van der Waals surface area contributed by atoms with E-state index in [0.29, 0.717) is 5.92 Å². The van der Waals surface area contributed by atoms with E-state index in [1.165, 1.54) is 50.2 Å². The van der Waals surface area contributed by atoms with Gasteiger partial charge in [0.15, 0.2) is 0 Å². The fourth-order valence-electron chi connectivity index (χ4n) is 4.28. The minimum absolute atomic E-state index is 0.639. The number of piperidine rings is 1. The Morgan fingerprint density at radius 2 is 1.96 bits per heavy atom. The van der Waals surface area contributed by atoms with E-state index in [-0.39, 0.29) is 0 Å². The first-order valence-corrected chi connectivity index (χ1v) is 9.77. The molecule has 25 heavy (non-hydrogen) atoms. The number of hydrogen-bond acceptors (Lipinski definition) is 4. The van der Waals surface area contributed by atoms with Crippen LogP contribution in [0.15, 0.2) is 24.7 Å². The number of rotatable bonds is 5. The highest BCUT2D eigenvalue weighted by Gasteiger charge is 2.25. The molecule has 0 aliphatic carbocycles. The van der Waals surface area contributed by atoms with Crippen LogP contribution < -0.4 is 0 Å². The zero-order valence-corrected chi connectivity index (χ0v) is 15.3. The van der Waals surface area contributed by atoms with Crippen molar-refractivity contribution >= 4 is 0 Å². The first-order chi connectivity index (χ1) is 12.3. The van der Waals surface area contributed by atoms with Crippen molar-refractivity contribution in [3.8, 4) is 0 Å². The van der Waals surface area contributed by atoms with Crippen LogP contribution in [0.4, 0.5) is 0 Å². The molecule has 136 valence electrons. The largest absolute Gasteiger partial charge is 0.303 e. The zero-order valence-electron chi connectivity index (χ0n) is 15.3. The molecule has 0 unspecified atom stereocenters. The summed E-state index contributed by atoms with van der Waals surface area (Å²) in [5, 5.41) is 9.01. The quantitative estimate of drug-likeness (QED) is 0.836. The van der Waals surface area contributed by atoms with E-state index in [1.807, 2.05) is 17.1 Å². The fraction of sp³-hybridized carbons (Fsp3) is 0.684. The van der Waals surface area contributed by atoms with Gasteiger partial charge in [-0.25, -0.2) is 0 Å². The van der Waals surface area contributed by atoms with E-state index in [4.69, 9.17) is 0 Å². The summed E-state index contributed by atoms with van der Waals surface area (Å²) >= 11 is 0. The van der Waals surface area contributed by atoms with Crippen LogP contribution in [-0.2, 0) is 26.2 Å². The Labute approximate surface area is 150 Å². The monoisotopic (exact) mass is 342 g/mol. The van der Waals surface area contributed by atoms with Crippen LogP contribution in [-0.4, -0.2) is 55.5 Å². The van der Waals surface area contributed by atoms with Gasteiger partial charge in [-0.3, -0.25) is 14.3 Å². The van der Waals surface area contributed by atoms with Crippen molar-refractivity contribution in [1.29, 1.82) is 0 Å². The predicted octanol–water partition coefficient (Wildman–Crippen LogP) is 2.22. The van der Waals surface area contributed by atoms with E-state index >= 15 is 0 Å². The van der Waals surface area contributed by atoms with Crippen LogP contribution in [0, 0.1) is 5.92 Å². The number of likely N-dealkylation sites (tertiary alicyclic amines) is 1. The molecule has 1 atom stereocenters. The maximum Gasteiger partial charge on any atom is 0.0534 e. The van der Waals surface area contributed by atoms with Crippen molar-refractivity contribution in [2.45, 2.75) is 52.4 Å². The molecule has 0 saturated carbocycles. The average Bonchev–Trinajstić information content (AvgIpc) is 3.22. The molecule has 2 aromatic rings. The lowest BCUT2D eigenvalue weighted by Crippen LogP contribution is -2.39. The standard InChI is InChI=1S/C19H30N6/c1-2-24-14-17(10-21-24)11-23-13-18(12-22-8-4-3-5-9-22)15-25-19(16-23)6-7-20-25/h6-7,10,14,18H,2-5,8-9,11-13,15-16H2,1H3/t18-/m1/s1. The molecule has 2 aromatic heterocycles. The highest BCUT2D eigenvalue weighted by Crippen LogP contribution is 2.20. The van der Waals surface area contributed by atoms with Crippen molar-refractivity contribution in [2.75, 3.05) is 26.2 Å². The van der Waals surface area contributed by atoms with Crippen molar-refractivity contribution in [1.82, 2.24) is 29.4 Å². The van der Waals surface area contributed by atoms with Crippen molar-refractivity contribution in [3.05, 3.63) is 35.9 Å². The summed E-state index contributed by atoms with van der Waals surface area (Å²) < 4.78 is 4.24. The van der Waals surface area contributed by atoms with Crippen molar-refractivity contribution in [2.24, 2.45) is 5.92 Å². The third-order valence-corrected chi connectivity index (χ3v) is 5.52. The smallest absolute Gasteiger partial charge is 0.0534 e. The van der Waals surface area contributed by atoms with Gasteiger partial charge in [0.05, 0.1) is 11.9 Å². The van der Waals surface area contributed by atoms with Gasteiger partial charge in [-0.2, -0.15) is 10.2 Å². The molecule has 4 heterocycles. The molecule has 4 rings (SSSR count). The summed E-state index contributed by atoms with van der Waals surface area (Å²) in [5.41, 5.74) is 2.65. The molecule has 0 aromatic carbocycles. The molecular formula is C19H30N6. The molecule has 0 spiro atoms. The van der Waals surface area contributed by atoms with Crippen LogP contribution in [0.25, 0.3) is 0 Å². The van der Waals surface area contributed by atoms with E-state index in [1.54, 1.807) is 0 Å². The first kappa shape index (κ1) is 16.8. The topological polar surface area (TPSA) is 42.1 Å². The van der Waals surface area contributed by atoms with E-state index in [2.05, 4.69) is 43.9 Å². The third kappa shape index (κ3) is 4.12. The SMILES string of the molecule is CCn1cc(CN2Cc3ccnn3C[C@H](CN3CCCCC3)C2)cn1. The van der Waals surface area contributed by atoms with E-state index in [9.17, 15) is 0 Å². The van der Waals surface area contributed by atoms with Crippen LogP contribution in [0.2, 0.25) is 0 Å². The molecule has 6 nitrogen and oxygen atoms in total. The summed E-state index contributed by atoms with van der Waals surface area (Å²) in [6.07, 6.45) is 10.3. The maximum absolute atomic E-state index is 4.57. The van der Waals surface area contributed by atoms with Crippen LogP contribution in [0.5, 0.6) is 0 Å². The fourth-order valence-corrected chi connectivity index (χ4v) is 4.28. The Morgan fingerprint density at radius 3 is 2.76 bits per heavy atom. The van der Waals surface area contributed by atoms with Gasteiger partial charge in [0.2, 0.25) is 0 Å². The lowest BCUT2D eigenvalue weighted by Gasteiger charge is -2.31. The second-order valence-electron chi connectivity index (χ2n) is 7.61. The Balaban J connectivity index is 1.46. The molecular weight excluding hydrogens is 312 g/mol. The molecule has 0 bridgehead atoms. The second kappa shape index (κ2) is 7.70.